The molecule has 0 spiro atoms. The fourth-order valence-electron chi connectivity index (χ4n) is 3.65. The second-order valence-corrected chi connectivity index (χ2v) is 7.63. The summed E-state index contributed by atoms with van der Waals surface area (Å²) in [7, 11) is 1.78. The van der Waals surface area contributed by atoms with E-state index in [2.05, 4.69) is 40.0 Å². The Balaban J connectivity index is 1.58. The summed E-state index contributed by atoms with van der Waals surface area (Å²) >= 11 is 6.27. The molecule has 1 aliphatic heterocycles. The zero-order chi connectivity index (χ0) is 20.8. The standard InChI is InChI=1S/C24H28ClN3O/c1-4-18(16-26-3)17(2)28-13-11-21(12-14-28)27-20-7-5-19(6-8-20)23-15-22(29)9-10-24(23)25/h4-10,15-16,21,27,29H,2,11-14H2,1,3H3/b18-4+,26-16?. The first kappa shape index (κ1) is 21.0. The molecule has 2 N–H and O–H groups in total. The van der Waals surface area contributed by atoms with Crippen LogP contribution >= 0.6 is 11.6 Å². The van der Waals surface area contributed by atoms with Crippen LogP contribution in [0.2, 0.25) is 5.02 Å². The van der Waals surface area contributed by atoms with Crippen molar-refractivity contribution in [3.8, 4) is 16.9 Å². The van der Waals surface area contributed by atoms with Crippen LogP contribution in [-0.2, 0) is 0 Å². The molecule has 1 fully saturated rings. The molecule has 0 amide bonds. The molecule has 5 heteroatoms. The number of hydrogen-bond acceptors (Lipinski definition) is 4. The third-order valence-corrected chi connectivity index (χ3v) is 5.64. The predicted molar refractivity (Wildman–Crippen MR) is 124 cm³/mol. The maximum absolute atomic E-state index is 9.72. The minimum atomic E-state index is 0.214. The molecule has 2 aromatic rings. The zero-order valence-corrected chi connectivity index (χ0v) is 17.8. The number of piperidine rings is 1. The van der Waals surface area contributed by atoms with Crippen molar-refractivity contribution < 1.29 is 5.11 Å². The minimum Gasteiger partial charge on any atom is -0.508 e. The lowest BCUT2D eigenvalue weighted by atomic mass is 10.0. The second kappa shape index (κ2) is 9.66. The molecule has 1 aliphatic rings. The molecule has 0 bridgehead atoms. The van der Waals surface area contributed by atoms with Gasteiger partial charge in [-0.1, -0.05) is 36.4 Å². The zero-order valence-electron chi connectivity index (χ0n) is 17.0. The lowest BCUT2D eigenvalue weighted by molar-refractivity contribution is 0.278. The highest BCUT2D eigenvalue weighted by Gasteiger charge is 2.21. The van der Waals surface area contributed by atoms with Crippen LogP contribution in [0.1, 0.15) is 19.8 Å². The Morgan fingerprint density at radius 1 is 1.21 bits per heavy atom. The maximum Gasteiger partial charge on any atom is 0.116 e. The number of aromatic hydroxyl groups is 1. The Bertz CT molecular complexity index is 910. The maximum atomic E-state index is 9.72. The van der Waals surface area contributed by atoms with Crippen LogP contribution in [0, 0.1) is 0 Å². The molecule has 0 aromatic heterocycles. The molecule has 0 saturated carbocycles. The first-order valence-corrected chi connectivity index (χ1v) is 10.3. The molecule has 1 heterocycles. The van der Waals surface area contributed by atoms with Gasteiger partial charge < -0.3 is 15.3 Å². The van der Waals surface area contributed by atoms with Crippen molar-refractivity contribution in [1.29, 1.82) is 0 Å². The first-order valence-electron chi connectivity index (χ1n) is 9.90. The van der Waals surface area contributed by atoms with Crippen molar-refractivity contribution >= 4 is 23.5 Å². The average Bonchev–Trinajstić information content (AvgIpc) is 2.74. The molecule has 0 aliphatic carbocycles. The fourth-order valence-corrected chi connectivity index (χ4v) is 3.87. The van der Waals surface area contributed by atoms with Crippen molar-refractivity contribution in [2.45, 2.75) is 25.8 Å². The van der Waals surface area contributed by atoms with Gasteiger partial charge in [0.05, 0.1) is 0 Å². The van der Waals surface area contributed by atoms with Gasteiger partial charge in [0.2, 0.25) is 0 Å². The Labute approximate surface area is 178 Å². The van der Waals surface area contributed by atoms with Crippen molar-refractivity contribution in [3.05, 3.63) is 71.4 Å². The summed E-state index contributed by atoms with van der Waals surface area (Å²) in [5, 5.41) is 14.0. The number of anilines is 1. The number of phenols is 1. The lowest BCUT2D eigenvalue weighted by Crippen LogP contribution is -2.38. The molecule has 4 nitrogen and oxygen atoms in total. The Morgan fingerprint density at radius 3 is 2.52 bits per heavy atom. The largest absolute Gasteiger partial charge is 0.508 e. The van der Waals surface area contributed by atoms with Crippen molar-refractivity contribution in [3.63, 3.8) is 0 Å². The van der Waals surface area contributed by atoms with E-state index < -0.39 is 0 Å². The highest BCUT2D eigenvalue weighted by molar-refractivity contribution is 6.33. The van der Waals surface area contributed by atoms with Gasteiger partial charge in [-0.05, 0) is 55.7 Å². The van der Waals surface area contributed by atoms with Gasteiger partial charge in [-0.25, -0.2) is 0 Å². The molecule has 0 atom stereocenters. The molecule has 1 saturated heterocycles. The third-order valence-electron chi connectivity index (χ3n) is 5.31. The summed E-state index contributed by atoms with van der Waals surface area (Å²) in [5.74, 6) is 0.214. The number of allylic oxidation sites excluding steroid dienone is 2. The Morgan fingerprint density at radius 2 is 1.90 bits per heavy atom. The smallest absolute Gasteiger partial charge is 0.116 e. The van der Waals surface area contributed by atoms with Gasteiger partial charge in [-0.3, -0.25) is 4.99 Å². The molecular formula is C24H28ClN3O. The number of likely N-dealkylation sites (tertiary alicyclic amines) is 1. The van der Waals surface area contributed by atoms with Gasteiger partial charge in [0.15, 0.2) is 0 Å². The van der Waals surface area contributed by atoms with Crippen LogP contribution in [0.5, 0.6) is 5.75 Å². The van der Waals surface area contributed by atoms with E-state index in [0.717, 1.165) is 54.0 Å². The normalized spacial score (nSPS) is 15.7. The molecule has 0 radical (unpaired) electrons. The van der Waals surface area contributed by atoms with Gasteiger partial charge in [-0.2, -0.15) is 0 Å². The molecule has 0 unspecified atom stereocenters. The van der Waals surface area contributed by atoms with Crippen LogP contribution in [0.25, 0.3) is 11.1 Å². The van der Waals surface area contributed by atoms with Gasteiger partial charge in [-0.15, -0.1) is 0 Å². The molecule has 152 valence electrons. The third kappa shape index (κ3) is 5.21. The second-order valence-electron chi connectivity index (χ2n) is 7.23. The fraction of sp³-hybridized carbons (Fsp3) is 0.292. The molecular weight excluding hydrogens is 382 g/mol. The quantitative estimate of drug-likeness (QED) is 0.471. The van der Waals surface area contributed by atoms with E-state index in [1.165, 1.54) is 0 Å². The predicted octanol–water partition coefficient (Wildman–Crippen LogP) is 5.75. The van der Waals surface area contributed by atoms with Crippen LogP contribution in [0.3, 0.4) is 0 Å². The van der Waals surface area contributed by atoms with Gasteiger partial charge >= 0.3 is 0 Å². The summed E-state index contributed by atoms with van der Waals surface area (Å²) in [6.45, 7) is 8.21. The molecule has 2 aromatic carbocycles. The van der Waals surface area contributed by atoms with Crippen molar-refractivity contribution in [1.82, 2.24) is 4.90 Å². The first-order chi connectivity index (χ1) is 14.0. The minimum absolute atomic E-state index is 0.214. The van der Waals surface area contributed by atoms with Gasteiger partial charge in [0.1, 0.15) is 5.75 Å². The summed E-state index contributed by atoms with van der Waals surface area (Å²) in [6, 6.07) is 13.6. The highest BCUT2D eigenvalue weighted by Crippen LogP contribution is 2.32. The number of rotatable bonds is 6. The van der Waals surface area contributed by atoms with Gasteiger partial charge in [0, 0.05) is 59.9 Å². The number of nitrogens with one attached hydrogen (secondary N) is 1. The van der Waals surface area contributed by atoms with Crippen LogP contribution in [-0.4, -0.2) is 42.4 Å². The van der Waals surface area contributed by atoms with E-state index in [9.17, 15) is 5.11 Å². The monoisotopic (exact) mass is 409 g/mol. The topological polar surface area (TPSA) is 47.9 Å². The lowest BCUT2D eigenvalue weighted by Gasteiger charge is -2.35. The van der Waals surface area contributed by atoms with Crippen molar-refractivity contribution in [2.75, 3.05) is 25.5 Å². The van der Waals surface area contributed by atoms with Gasteiger partial charge in [0.25, 0.3) is 0 Å². The number of phenolic OH excluding ortho intramolecular Hbond substituents is 1. The molecule has 3 rings (SSSR count). The van der Waals surface area contributed by atoms with Crippen LogP contribution < -0.4 is 5.32 Å². The summed E-state index contributed by atoms with van der Waals surface area (Å²) in [4.78, 5) is 6.45. The van der Waals surface area contributed by atoms with E-state index >= 15 is 0 Å². The van der Waals surface area contributed by atoms with E-state index in [0.29, 0.717) is 11.1 Å². The van der Waals surface area contributed by atoms with E-state index in [1.54, 1.807) is 25.2 Å². The van der Waals surface area contributed by atoms with Crippen LogP contribution in [0.15, 0.2) is 71.4 Å². The van der Waals surface area contributed by atoms with Crippen molar-refractivity contribution in [2.24, 2.45) is 4.99 Å². The average molecular weight is 410 g/mol. The molecule has 29 heavy (non-hydrogen) atoms. The Hall–Kier alpha value is -2.72. The number of nitrogens with zero attached hydrogens (tertiary/aromatic N) is 2. The summed E-state index contributed by atoms with van der Waals surface area (Å²) in [6.07, 6.45) is 6.03. The number of halogens is 1. The number of hydrogen-bond donors (Lipinski definition) is 2. The number of aliphatic imine (C=N–C) groups is 1. The SMILES string of the molecule is C=C(/C(C=NC)=C/C)N1CCC(Nc2ccc(-c3cc(O)ccc3Cl)cc2)CC1. The summed E-state index contributed by atoms with van der Waals surface area (Å²) < 4.78 is 0. The Kier molecular flexibility index (Phi) is 6.99. The van der Waals surface area contributed by atoms with E-state index in [-0.39, 0.29) is 5.75 Å². The number of benzene rings is 2. The van der Waals surface area contributed by atoms with Crippen LogP contribution in [0.4, 0.5) is 5.69 Å². The highest BCUT2D eigenvalue weighted by atomic mass is 35.5. The summed E-state index contributed by atoms with van der Waals surface area (Å²) in [5.41, 5.74) is 5.04. The van der Waals surface area contributed by atoms with E-state index in [1.807, 2.05) is 25.3 Å². The van der Waals surface area contributed by atoms with E-state index in [4.69, 9.17) is 11.6 Å².